The van der Waals surface area contributed by atoms with Crippen molar-refractivity contribution in [2.75, 3.05) is 0 Å². The predicted octanol–water partition coefficient (Wildman–Crippen LogP) is 12.6. The molecule has 2 heteroatoms. The van der Waals surface area contributed by atoms with Crippen molar-refractivity contribution in [2.45, 2.75) is 0 Å². The number of nitrogens with zero attached hydrogens (tertiary/aromatic N) is 1. The smallest absolute Gasteiger partial charge is 0.136 e. The molecule has 0 fully saturated rings. The van der Waals surface area contributed by atoms with E-state index in [0.717, 1.165) is 33.2 Å². The molecule has 10 rings (SSSR count). The summed E-state index contributed by atoms with van der Waals surface area (Å²) < 4.78 is 6.57. The largest absolute Gasteiger partial charge is 0.456 e. The average molecular weight is 598 g/mol. The number of furan rings is 1. The van der Waals surface area contributed by atoms with Crippen molar-refractivity contribution < 1.29 is 4.42 Å². The van der Waals surface area contributed by atoms with Crippen LogP contribution in [0.2, 0.25) is 0 Å². The highest BCUT2D eigenvalue weighted by molar-refractivity contribution is 6.25. The highest BCUT2D eigenvalue weighted by atomic mass is 16.3. The molecule has 2 nitrogen and oxygen atoms in total. The van der Waals surface area contributed by atoms with Crippen molar-refractivity contribution in [2.24, 2.45) is 0 Å². The fourth-order valence-electron chi connectivity index (χ4n) is 7.63. The molecule has 47 heavy (non-hydrogen) atoms. The third kappa shape index (κ3) is 3.95. The van der Waals surface area contributed by atoms with Crippen LogP contribution in [0, 0.1) is 0 Å². The van der Waals surface area contributed by atoms with Crippen LogP contribution in [0.1, 0.15) is 0 Å². The van der Waals surface area contributed by atoms with E-state index in [0.29, 0.717) is 0 Å². The van der Waals surface area contributed by atoms with Gasteiger partial charge in [0.15, 0.2) is 0 Å². The first-order valence-corrected chi connectivity index (χ1v) is 16.0. The summed E-state index contributed by atoms with van der Waals surface area (Å²) in [5.74, 6) is 0. The molecule has 8 aromatic carbocycles. The SMILES string of the molecule is c1ccc(-c2cc3oc4ccc(-c5c6ccccc6c(-c6ccc7ccccc7c6)c6ccccc56)cc4c3c3ccccc23)nc1. The van der Waals surface area contributed by atoms with Gasteiger partial charge in [-0.1, -0.05) is 121 Å². The Morgan fingerprint density at radius 2 is 0.957 bits per heavy atom. The highest BCUT2D eigenvalue weighted by Crippen LogP contribution is 2.46. The molecule has 0 aliphatic carbocycles. The fourth-order valence-corrected chi connectivity index (χ4v) is 7.63. The first-order chi connectivity index (χ1) is 23.3. The van der Waals surface area contributed by atoms with E-state index in [-0.39, 0.29) is 0 Å². The molecule has 0 spiro atoms. The minimum absolute atomic E-state index is 0.873. The van der Waals surface area contributed by atoms with E-state index in [1.165, 1.54) is 65.3 Å². The third-order valence-electron chi connectivity index (χ3n) is 9.68. The van der Waals surface area contributed by atoms with E-state index < -0.39 is 0 Å². The van der Waals surface area contributed by atoms with E-state index in [4.69, 9.17) is 4.42 Å². The van der Waals surface area contributed by atoms with Crippen LogP contribution in [0.5, 0.6) is 0 Å². The van der Waals surface area contributed by atoms with Crippen LogP contribution in [0.4, 0.5) is 0 Å². The van der Waals surface area contributed by atoms with Crippen LogP contribution < -0.4 is 0 Å². The highest BCUT2D eigenvalue weighted by Gasteiger charge is 2.19. The van der Waals surface area contributed by atoms with Crippen molar-refractivity contribution in [3.63, 3.8) is 0 Å². The summed E-state index contributed by atoms with van der Waals surface area (Å²) >= 11 is 0. The van der Waals surface area contributed by atoms with Crippen molar-refractivity contribution in [1.29, 1.82) is 0 Å². The van der Waals surface area contributed by atoms with Gasteiger partial charge in [0.05, 0.1) is 5.69 Å². The Morgan fingerprint density at radius 1 is 0.383 bits per heavy atom. The quantitative estimate of drug-likeness (QED) is 0.189. The molecule has 0 bridgehead atoms. The van der Waals surface area contributed by atoms with Gasteiger partial charge in [0, 0.05) is 22.5 Å². The monoisotopic (exact) mass is 597 g/mol. The summed E-state index contributed by atoms with van der Waals surface area (Å²) in [7, 11) is 0. The average Bonchev–Trinajstić information content (AvgIpc) is 3.51. The molecule has 2 heterocycles. The molecule has 0 saturated carbocycles. The van der Waals surface area contributed by atoms with Crippen molar-refractivity contribution in [3.05, 3.63) is 164 Å². The van der Waals surface area contributed by atoms with Gasteiger partial charge in [-0.05, 0) is 102 Å². The van der Waals surface area contributed by atoms with Gasteiger partial charge < -0.3 is 4.42 Å². The van der Waals surface area contributed by atoms with Crippen LogP contribution >= 0.6 is 0 Å². The summed E-state index contributed by atoms with van der Waals surface area (Å²) in [5.41, 5.74) is 8.70. The Labute approximate surface area is 271 Å². The Balaban J connectivity index is 1.27. The molecule has 0 saturated heterocycles. The van der Waals surface area contributed by atoms with Crippen molar-refractivity contribution >= 4 is 65.0 Å². The molecule has 0 amide bonds. The normalized spacial score (nSPS) is 11.8. The van der Waals surface area contributed by atoms with Gasteiger partial charge >= 0.3 is 0 Å². The van der Waals surface area contributed by atoms with E-state index in [9.17, 15) is 0 Å². The number of benzene rings is 8. The first-order valence-electron chi connectivity index (χ1n) is 16.0. The molecular formula is C45H27NO. The molecule has 10 aromatic rings. The van der Waals surface area contributed by atoms with Crippen LogP contribution in [0.15, 0.2) is 168 Å². The summed E-state index contributed by atoms with van der Waals surface area (Å²) in [4.78, 5) is 4.67. The Bertz CT molecular complexity index is 2790. The number of hydrogen-bond donors (Lipinski definition) is 0. The third-order valence-corrected chi connectivity index (χ3v) is 9.68. The maximum Gasteiger partial charge on any atom is 0.136 e. The predicted molar refractivity (Wildman–Crippen MR) is 198 cm³/mol. The van der Waals surface area contributed by atoms with Crippen LogP contribution in [0.3, 0.4) is 0 Å². The second kappa shape index (κ2) is 10.1. The molecule has 0 radical (unpaired) electrons. The van der Waals surface area contributed by atoms with E-state index in [1.54, 1.807) is 0 Å². The van der Waals surface area contributed by atoms with Crippen LogP contribution in [-0.4, -0.2) is 4.98 Å². The lowest BCUT2D eigenvalue weighted by Crippen LogP contribution is -1.91. The molecule has 0 atom stereocenters. The topological polar surface area (TPSA) is 26.0 Å². The van der Waals surface area contributed by atoms with Crippen LogP contribution in [0.25, 0.3) is 98.5 Å². The lowest BCUT2D eigenvalue weighted by Gasteiger charge is -2.18. The summed E-state index contributed by atoms with van der Waals surface area (Å²) in [5, 5.41) is 12.1. The lowest BCUT2D eigenvalue weighted by atomic mass is 9.85. The molecular weight excluding hydrogens is 571 g/mol. The van der Waals surface area contributed by atoms with E-state index in [2.05, 4.69) is 151 Å². The van der Waals surface area contributed by atoms with E-state index >= 15 is 0 Å². The Kier molecular flexibility index (Phi) is 5.61. The first kappa shape index (κ1) is 26.0. The van der Waals surface area contributed by atoms with Gasteiger partial charge in [-0.25, -0.2) is 0 Å². The number of aromatic nitrogens is 1. The summed E-state index contributed by atoms with van der Waals surface area (Å²) in [6.07, 6.45) is 1.85. The maximum absolute atomic E-state index is 6.57. The van der Waals surface area contributed by atoms with Gasteiger partial charge in [-0.15, -0.1) is 0 Å². The van der Waals surface area contributed by atoms with Crippen molar-refractivity contribution in [3.8, 4) is 33.5 Å². The maximum atomic E-state index is 6.57. The fraction of sp³-hybridized carbons (Fsp3) is 0. The van der Waals surface area contributed by atoms with Gasteiger partial charge in [-0.2, -0.15) is 0 Å². The van der Waals surface area contributed by atoms with Gasteiger partial charge in [0.2, 0.25) is 0 Å². The second-order valence-corrected chi connectivity index (χ2v) is 12.3. The standard InChI is InChI=1S/C45H27NO/c1-2-12-29-25-30(21-20-28(29)11-1)43-34-15-5-7-17-36(34)44(37-18-8-6-16-35(37)43)31-22-23-41-39(26-31)45-33-14-4-3-13-32(33)38(27-42(45)47-41)40-19-9-10-24-46-40/h1-27H. The molecule has 0 unspecified atom stereocenters. The number of hydrogen-bond acceptors (Lipinski definition) is 2. The molecule has 0 aliphatic heterocycles. The van der Waals surface area contributed by atoms with Gasteiger partial charge in [0.1, 0.15) is 11.2 Å². The minimum atomic E-state index is 0.873. The number of fused-ring (bicyclic) bond motifs is 8. The van der Waals surface area contributed by atoms with E-state index in [1.807, 2.05) is 18.3 Å². The lowest BCUT2D eigenvalue weighted by molar-refractivity contribution is 0.669. The summed E-state index contributed by atoms with van der Waals surface area (Å²) in [6, 6.07) is 56.6. The zero-order valence-corrected chi connectivity index (χ0v) is 25.4. The Hall–Kier alpha value is -6.25. The molecule has 0 N–H and O–H groups in total. The van der Waals surface area contributed by atoms with Gasteiger partial charge in [-0.3, -0.25) is 4.98 Å². The summed E-state index contributed by atoms with van der Waals surface area (Å²) in [6.45, 7) is 0. The number of rotatable bonds is 3. The zero-order chi connectivity index (χ0) is 30.9. The van der Waals surface area contributed by atoms with Crippen molar-refractivity contribution in [1.82, 2.24) is 4.98 Å². The molecule has 218 valence electrons. The van der Waals surface area contributed by atoms with Crippen LogP contribution in [-0.2, 0) is 0 Å². The molecule has 0 aliphatic rings. The Morgan fingerprint density at radius 3 is 1.64 bits per heavy atom. The minimum Gasteiger partial charge on any atom is -0.456 e. The molecule has 2 aromatic heterocycles. The zero-order valence-electron chi connectivity index (χ0n) is 25.4. The van der Waals surface area contributed by atoms with Gasteiger partial charge in [0.25, 0.3) is 0 Å². The number of pyridine rings is 1. The second-order valence-electron chi connectivity index (χ2n) is 12.3.